The van der Waals surface area contributed by atoms with Gasteiger partial charge in [-0.2, -0.15) is 8.78 Å². The Morgan fingerprint density at radius 1 is 1.04 bits per heavy atom. The van der Waals surface area contributed by atoms with Crippen molar-refractivity contribution in [2.24, 2.45) is 0 Å². The van der Waals surface area contributed by atoms with E-state index in [1.807, 2.05) is 0 Å². The second-order valence-electron chi connectivity index (χ2n) is 5.72. The summed E-state index contributed by atoms with van der Waals surface area (Å²) >= 11 is 0. The van der Waals surface area contributed by atoms with Gasteiger partial charge < -0.3 is 9.47 Å². The maximum Gasteiger partial charge on any atom is 0.341 e. The molecule has 9 heteroatoms. The normalized spacial score (nSPS) is 11.3. The molecule has 0 aliphatic heterocycles. The number of halogens is 2. The molecule has 0 saturated carbocycles. The highest BCUT2D eigenvalue weighted by molar-refractivity contribution is 7.91. The average Bonchev–Trinajstić information content (AvgIpc) is 2.66. The van der Waals surface area contributed by atoms with Crippen LogP contribution >= 0.6 is 0 Å². The van der Waals surface area contributed by atoms with Crippen LogP contribution in [0.2, 0.25) is 0 Å². The highest BCUT2D eigenvalue weighted by Gasteiger charge is 2.26. The molecule has 0 atom stereocenters. The minimum atomic E-state index is -4.73. The van der Waals surface area contributed by atoms with Crippen molar-refractivity contribution in [3.8, 4) is 5.75 Å². The van der Waals surface area contributed by atoms with Gasteiger partial charge in [-0.05, 0) is 56.3 Å². The van der Waals surface area contributed by atoms with Crippen LogP contribution in [0.3, 0.4) is 0 Å². The molecule has 28 heavy (non-hydrogen) atoms. The smallest absolute Gasteiger partial charge is 0.341 e. The minimum Gasteiger partial charge on any atom is -0.493 e. The minimum absolute atomic E-state index is 0.00565. The van der Waals surface area contributed by atoms with E-state index in [1.54, 1.807) is 25.1 Å². The highest BCUT2D eigenvalue weighted by atomic mass is 32.2. The van der Waals surface area contributed by atoms with Crippen LogP contribution in [-0.4, -0.2) is 32.5 Å². The molecule has 0 aliphatic rings. The maximum atomic E-state index is 12.5. The fourth-order valence-electron chi connectivity index (χ4n) is 2.32. The molecule has 0 bridgehead atoms. The summed E-state index contributed by atoms with van der Waals surface area (Å²) < 4.78 is 58.5. The van der Waals surface area contributed by atoms with E-state index in [4.69, 9.17) is 9.47 Å². The van der Waals surface area contributed by atoms with Crippen LogP contribution in [0.15, 0.2) is 47.4 Å². The second-order valence-corrected chi connectivity index (χ2v) is 7.64. The van der Waals surface area contributed by atoms with E-state index in [2.05, 4.69) is 0 Å². The Morgan fingerprint density at radius 2 is 1.64 bits per heavy atom. The predicted molar refractivity (Wildman–Crippen MR) is 96.4 cm³/mol. The van der Waals surface area contributed by atoms with Gasteiger partial charge in [-0.1, -0.05) is 0 Å². The SMILES string of the molecule is CCOc1ccc(C(C)=O)cc1COC(=O)c1ccc(S(=O)(=O)C(F)F)cc1. The van der Waals surface area contributed by atoms with Crippen LogP contribution in [-0.2, 0) is 21.2 Å². The first-order valence-electron chi connectivity index (χ1n) is 8.22. The fourth-order valence-corrected chi connectivity index (χ4v) is 3.04. The van der Waals surface area contributed by atoms with Gasteiger partial charge in [0.05, 0.1) is 17.1 Å². The molecular formula is C19H18F2O6S. The number of benzene rings is 2. The fraction of sp³-hybridized carbons (Fsp3) is 0.263. The number of carbonyl (C=O) groups is 2. The van der Waals surface area contributed by atoms with E-state index < -0.39 is 26.5 Å². The monoisotopic (exact) mass is 412 g/mol. The number of hydrogen-bond acceptors (Lipinski definition) is 6. The largest absolute Gasteiger partial charge is 0.493 e. The number of esters is 1. The van der Waals surface area contributed by atoms with Crippen molar-refractivity contribution in [1.82, 2.24) is 0 Å². The van der Waals surface area contributed by atoms with E-state index in [-0.39, 0.29) is 18.0 Å². The maximum absolute atomic E-state index is 12.5. The van der Waals surface area contributed by atoms with Crippen LogP contribution in [0, 0.1) is 0 Å². The van der Waals surface area contributed by atoms with Crippen LogP contribution in [0.5, 0.6) is 5.75 Å². The van der Waals surface area contributed by atoms with Gasteiger partial charge in [-0.15, -0.1) is 0 Å². The van der Waals surface area contributed by atoms with Gasteiger partial charge in [0.1, 0.15) is 12.4 Å². The topological polar surface area (TPSA) is 86.7 Å². The van der Waals surface area contributed by atoms with Crippen molar-refractivity contribution in [2.75, 3.05) is 6.61 Å². The molecule has 150 valence electrons. The van der Waals surface area contributed by atoms with Crippen LogP contribution in [0.1, 0.15) is 40.1 Å². The van der Waals surface area contributed by atoms with Crippen LogP contribution in [0.25, 0.3) is 0 Å². The molecule has 2 aromatic carbocycles. The van der Waals surface area contributed by atoms with Gasteiger partial charge >= 0.3 is 11.7 Å². The zero-order valence-corrected chi connectivity index (χ0v) is 16.0. The molecule has 0 amide bonds. The summed E-state index contributed by atoms with van der Waals surface area (Å²) in [5.41, 5.74) is 0.907. The molecule has 0 unspecified atom stereocenters. The molecule has 0 radical (unpaired) electrons. The van der Waals surface area contributed by atoms with E-state index in [0.29, 0.717) is 23.5 Å². The van der Waals surface area contributed by atoms with Crippen LogP contribution < -0.4 is 4.74 Å². The molecule has 0 aliphatic carbocycles. The summed E-state index contributed by atoms with van der Waals surface area (Å²) in [4.78, 5) is 23.1. The first-order chi connectivity index (χ1) is 13.2. The Hall–Kier alpha value is -2.81. The van der Waals surface area contributed by atoms with Crippen molar-refractivity contribution in [2.45, 2.75) is 31.1 Å². The molecule has 0 spiro atoms. The molecule has 0 N–H and O–H groups in total. The van der Waals surface area contributed by atoms with Crippen molar-refractivity contribution >= 4 is 21.6 Å². The summed E-state index contributed by atoms with van der Waals surface area (Å²) in [6.45, 7) is 3.37. The van der Waals surface area contributed by atoms with Crippen molar-refractivity contribution in [1.29, 1.82) is 0 Å². The molecule has 0 fully saturated rings. The lowest BCUT2D eigenvalue weighted by atomic mass is 10.1. The summed E-state index contributed by atoms with van der Waals surface area (Å²) in [6.07, 6.45) is 0. The average molecular weight is 412 g/mol. The number of sulfone groups is 1. The van der Waals surface area contributed by atoms with Gasteiger partial charge in [0.25, 0.3) is 0 Å². The Kier molecular flexibility index (Phi) is 6.85. The first-order valence-corrected chi connectivity index (χ1v) is 9.77. The summed E-state index contributed by atoms with van der Waals surface area (Å²) in [5, 5.41) is 0. The number of carbonyl (C=O) groups excluding carboxylic acids is 2. The predicted octanol–water partition coefficient (Wildman–Crippen LogP) is 3.64. The third-order valence-electron chi connectivity index (χ3n) is 3.78. The lowest BCUT2D eigenvalue weighted by molar-refractivity contribution is 0.0469. The Balaban J connectivity index is 2.16. The van der Waals surface area contributed by atoms with Gasteiger partial charge in [-0.25, -0.2) is 13.2 Å². The van der Waals surface area contributed by atoms with Crippen molar-refractivity contribution in [3.63, 3.8) is 0 Å². The molecule has 2 aromatic rings. The summed E-state index contributed by atoms with van der Waals surface area (Å²) in [7, 11) is -4.73. The Morgan fingerprint density at radius 3 is 2.18 bits per heavy atom. The zero-order chi connectivity index (χ0) is 20.9. The quantitative estimate of drug-likeness (QED) is 0.486. The molecule has 0 aromatic heterocycles. The number of alkyl halides is 2. The summed E-state index contributed by atoms with van der Waals surface area (Å²) in [6, 6.07) is 8.77. The number of hydrogen-bond donors (Lipinski definition) is 0. The highest BCUT2D eigenvalue weighted by Crippen LogP contribution is 2.23. The molecular weight excluding hydrogens is 394 g/mol. The standard InChI is InChI=1S/C19H18F2O6S/c1-3-26-17-9-6-14(12(2)22)10-15(17)11-27-18(23)13-4-7-16(8-5-13)28(24,25)19(20)21/h4-10,19H,3,11H2,1-2H3. The molecule has 2 rings (SSSR count). The van der Waals surface area contributed by atoms with E-state index in [0.717, 1.165) is 24.3 Å². The number of ether oxygens (including phenoxy) is 2. The first kappa shape index (κ1) is 21.5. The van der Waals surface area contributed by atoms with Crippen LogP contribution in [0.4, 0.5) is 8.78 Å². The Labute approximate surface area is 161 Å². The lowest BCUT2D eigenvalue weighted by Crippen LogP contribution is -2.12. The van der Waals surface area contributed by atoms with Gasteiger partial charge in [0.2, 0.25) is 9.84 Å². The number of Topliss-reactive ketones (excluding diaryl/α,β-unsaturated/α-hetero) is 1. The third kappa shape index (κ3) is 4.92. The zero-order valence-electron chi connectivity index (χ0n) is 15.1. The second kappa shape index (κ2) is 8.92. The van der Waals surface area contributed by atoms with Crippen molar-refractivity contribution < 1.29 is 36.3 Å². The van der Waals surface area contributed by atoms with E-state index in [9.17, 15) is 26.8 Å². The number of rotatable bonds is 8. The van der Waals surface area contributed by atoms with Crippen molar-refractivity contribution in [3.05, 3.63) is 59.2 Å². The van der Waals surface area contributed by atoms with Gasteiger partial charge in [-0.3, -0.25) is 4.79 Å². The molecule has 0 heterocycles. The summed E-state index contributed by atoms with van der Waals surface area (Å²) in [5.74, 6) is -4.03. The number of ketones is 1. The molecule has 6 nitrogen and oxygen atoms in total. The van der Waals surface area contributed by atoms with E-state index >= 15 is 0 Å². The van der Waals surface area contributed by atoms with Gasteiger partial charge in [0.15, 0.2) is 5.78 Å². The van der Waals surface area contributed by atoms with Gasteiger partial charge in [0, 0.05) is 11.1 Å². The Bertz CT molecular complexity index is 968. The molecule has 0 saturated heterocycles. The van der Waals surface area contributed by atoms with E-state index in [1.165, 1.54) is 6.92 Å². The lowest BCUT2D eigenvalue weighted by Gasteiger charge is -2.12. The third-order valence-corrected chi connectivity index (χ3v) is 5.18.